The molecule has 0 saturated heterocycles. The van der Waals surface area contributed by atoms with E-state index in [1.807, 2.05) is 18.2 Å². The van der Waals surface area contributed by atoms with Crippen LogP contribution in [-0.4, -0.2) is 30.7 Å². The molecular formula is C27H34N2O3. The Labute approximate surface area is 190 Å². The van der Waals surface area contributed by atoms with E-state index in [0.717, 1.165) is 42.0 Å². The summed E-state index contributed by atoms with van der Waals surface area (Å²) in [6.07, 6.45) is 8.43. The molecule has 1 amide bonds. The average molecular weight is 435 g/mol. The maximum atomic E-state index is 13.2. The quantitative estimate of drug-likeness (QED) is 0.498. The molecule has 4 rings (SSSR count). The number of benzene rings is 2. The lowest BCUT2D eigenvalue weighted by molar-refractivity contribution is -0.122. The molecule has 0 spiro atoms. The summed E-state index contributed by atoms with van der Waals surface area (Å²) < 4.78 is 13.3. The van der Waals surface area contributed by atoms with Crippen molar-refractivity contribution in [2.45, 2.75) is 64.0 Å². The number of nitrogens with one attached hydrogen (secondary N) is 1. The monoisotopic (exact) mass is 434 g/mol. The van der Waals surface area contributed by atoms with E-state index in [1.165, 1.54) is 30.2 Å². The normalized spacial score (nSPS) is 15.5. The number of rotatable bonds is 8. The van der Waals surface area contributed by atoms with Crippen molar-refractivity contribution in [2.75, 3.05) is 14.2 Å². The summed E-state index contributed by atoms with van der Waals surface area (Å²) in [6.45, 7) is 3.03. The van der Waals surface area contributed by atoms with Gasteiger partial charge in [0.1, 0.15) is 11.5 Å². The van der Waals surface area contributed by atoms with Crippen LogP contribution in [-0.2, 0) is 11.3 Å². The fraction of sp³-hybridized carbons (Fsp3) is 0.444. The zero-order valence-corrected chi connectivity index (χ0v) is 19.4. The van der Waals surface area contributed by atoms with E-state index in [4.69, 9.17) is 9.47 Å². The van der Waals surface area contributed by atoms with Crippen LogP contribution < -0.4 is 14.8 Å². The van der Waals surface area contributed by atoms with Crippen LogP contribution in [0.4, 0.5) is 0 Å². The first-order chi connectivity index (χ1) is 15.6. The van der Waals surface area contributed by atoms with Gasteiger partial charge >= 0.3 is 0 Å². The lowest BCUT2D eigenvalue weighted by Gasteiger charge is -2.24. The van der Waals surface area contributed by atoms with Gasteiger partial charge < -0.3 is 19.4 Å². The van der Waals surface area contributed by atoms with Crippen molar-refractivity contribution < 1.29 is 14.3 Å². The van der Waals surface area contributed by atoms with Gasteiger partial charge in [0.25, 0.3) is 0 Å². The number of para-hydroxylation sites is 1. The number of aryl methyl sites for hydroxylation is 1. The Morgan fingerprint density at radius 2 is 1.75 bits per heavy atom. The topological polar surface area (TPSA) is 52.5 Å². The summed E-state index contributed by atoms with van der Waals surface area (Å²) in [6, 6.07) is 14.7. The molecule has 2 aromatic carbocycles. The van der Waals surface area contributed by atoms with Crippen molar-refractivity contribution in [3.63, 3.8) is 0 Å². The predicted octanol–water partition coefficient (Wildman–Crippen LogP) is 5.65. The van der Waals surface area contributed by atoms with E-state index in [1.54, 1.807) is 14.2 Å². The number of carbonyl (C=O) groups excluding carboxylic acids is 1. The molecule has 0 aliphatic heterocycles. The zero-order chi connectivity index (χ0) is 22.5. The molecule has 32 heavy (non-hydrogen) atoms. The SMILES string of the molecule is CCn1cc(C(CC(=O)NC2CCCCC2)c2cc(OC)cc(OC)c2)c2ccccc21. The summed E-state index contributed by atoms with van der Waals surface area (Å²) in [7, 11) is 3.32. The van der Waals surface area contributed by atoms with Gasteiger partial charge in [-0.05, 0) is 49.1 Å². The number of aromatic nitrogens is 1. The second kappa shape index (κ2) is 10.1. The number of amides is 1. The number of carbonyl (C=O) groups is 1. The number of methoxy groups -OCH3 is 2. The molecule has 3 aromatic rings. The Morgan fingerprint density at radius 1 is 1.06 bits per heavy atom. The fourth-order valence-corrected chi connectivity index (χ4v) is 4.97. The van der Waals surface area contributed by atoms with Gasteiger partial charge in [-0.15, -0.1) is 0 Å². The first-order valence-corrected chi connectivity index (χ1v) is 11.7. The molecule has 1 saturated carbocycles. The van der Waals surface area contributed by atoms with E-state index < -0.39 is 0 Å². The van der Waals surface area contributed by atoms with Crippen molar-refractivity contribution >= 4 is 16.8 Å². The van der Waals surface area contributed by atoms with Crippen molar-refractivity contribution in [2.24, 2.45) is 0 Å². The fourth-order valence-electron chi connectivity index (χ4n) is 4.97. The van der Waals surface area contributed by atoms with Crippen molar-refractivity contribution in [3.8, 4) is 11.5 Å². The summed E-state index contributed by atoms with van der Waals surface area (Å²) in [5, 5.41) is 4.49. The van der Waals surface area contributed by atoms with Crippen LogP contribution in [0.3, 0.4) is 0 Å². The number of hydrogen-bond donors (Lipinski definition) is 1. The largest absolute Gasteiger partial charge is 0.497 e. The Kier molecular flexibility index (Phi) is 7.03. The third-order valence-corrected chi connectivity index (χ3v) is 6.67. The van der Waals surface area contributed by atoms with Gasteiger partial charge in [0.2, 0.25) is 5.91 Å². The van der Waals surface area contributed by atoms with Gasteiger partial charge in [0.05, 0.1) is 14.2 Å². The number of nitrogens with zero attached hydrogens (tertiary/aromatic N) is 1. The summed E-state index contributed by atoms with van der Waals surface area (Å²) in [5.74, 6) is 1.48. The van der Waals surface area contributed by atoms with Gasteiger partial charge in [-0.3, -0.25) is 4.79 Å². The third kappa shape index (κ3) is 4.77. The van der Waals surface area contributed by atoms with Gasteiger partial charge in [-0.2, -0.15) is 0 Å². The first kappa shape index (κ1) is 22.3. The molecule has 5 nitrogen and oxygen atoms in total. The smallest absolute Gasteiger partial charge is 0.221 e. The molecule has 1 aromatic heterocycles. The third-order valence-electron chi connectivity index (χ3n) is 6.67. The maximum absolute atomic E-state index is 13.2. The standard InChI is InChI=1S/C27H34N2O3/c1-4-29-18-25(23-12-8-9-13-26(23)29)24(17-27(30)28-20-10-6-5-7-11-20)19-14-21(31-2)16-22(15-19)32-3/h8-9,12-16,18,20,24H,4-7,10-11,17H2,1-3H3,(H,28,30). The van der Waals surface area contributed by atoms with Crippen LogP contribution >= 0.6 is 0 Å². The Bertz CT molecular complexity index is 1040. The van der Waals surface area contributed by atoms with E-state index in [-0.39, 0.29) is 11.8 Å². The Balaban J connectivity index is 1.74. The van der Waals surface area contributed by atoms with Crippen LogP contribution in [0.2, 0.25) is 0 Å². The highest BCUT2D eigenvalue weighted by Crippen LogP contribution is 2.38. The molecule has 1 heterocycles. The van der Waals surface area contributed by atoms with Crippen LogP contribution in [0.25, 0.3) is 10.9 Å². The van der Waals surface area contributed by atoms with Gasteiger partial charge in [-0.1, -0.05) is 37.5 Å². The number of hydrogen-bond acceptors (Lipinski definition) is 3. The second-order valence-corrected chi connectivity index (χ2v) is 8.69. The zero-order valence-electron chi connectivity index (χ0n) is 19.4. The molecule has 1 aliphatic carbocycles. The van der Waals surface area contributed by atoms with E-state index in [9.17, 15) is 4.79 Å². The second-order valence-electron chi connectivity index (χ2n) is 8.69. The molecule has 5 heteroatoms. The van der Waals surface area contributed by atoms with Gasteiger partial charge in [0, 0.05) is 48.1 Å². The molecule has 1 unspecified atom stereocenters. The minimum Gasteiger partial charge on any atom is -0.497 e. The molecule has 0 radical (unpaired) electrons. The lowest BCUT2D eigenvalue weighted by atomic mass is 9.87. The summed E-state index contributed by atoms with van der Waals surface area (Å²) in [4.78, 5) is 13.2. The summed E-state index contributed by atoms with van der Waals surface area (Å²) in [5.41, 5.74) is 3.38. The van der Waals surface area contributed by atoms with Crippen molar-refractivity contribution in [1.82, 2.24) is 9.88 Å². The molecule has 170 valence electrons. The summed E-state index contributed by atoms with van der Waals surface area (Å²) >= 11 is 0. The lowest BCUT2D eigenvalue weighted by Crippen LogP contribution is -2.36. The van der Waals surface area contributed by atoms with Crippen LogP contribution in [0.15, 0.2) is 48.7 Å². The molecule has 0 bridgehead atoms. The van der Waals surface area contributed by atoms with E-state index in [2.05, 4.69) is 47.3 Å². The molecule has 1 N–H and O–H groups in total. The predicted molar refractivity (Wildman–Crippen MR) is 129 cm³/mol. The molecule has 1 atom stereocenters. The van der Waals surface area contributed by atoms with Crippen molar-refractivity contribution in [1.29, 1.82) is 0 Å². The molecule has 1 aliphatic rings. The van der Waals surface area contributed by atoms with E-state index >= 15 is 0 Å². The van der Waals surface area contributed by atoms with Crippen molar-refractivity contribution in [3.05, 3.63) is 59.8 Å². The van der Waals surface area contributed by atoms with Gasteiger partial charge in [0.15, 0.2) is 0 Å². The Hall–Kier alpha value is -2.95. The average Bonchev–Trinajstić information content (AvgIpc) is 3.21. The first-order valence-electron chi connectivity index (χ1n) is 11.7. The minimum absolute atomic E-state index is 0.0970. The minimum atomic E-state index is -0.0970. The van der Waals surface area contributed by atoms with Crippen LogP contribution in [0, 0.1) is 0 Å². The van der Waals surface area contributed by atoms with E-state index in [0.29, 0.717) is 12.5 Å². The van der Waals surface area contributed by atoms with Crippen LogP contribution in [0.1, 0.15) is 62.5 Å². The van der Waals surface area contributed by atoms with Crippen LogP contribution in [0.5, 0.6) is 11.5 Å². The highest BCUT2D eigenvalue weighted by molar-refractivity contribution is 5.87. The maximum Gasteiger partial charge on any atom is 0.221 e. The highest BCUT2D eigenvalue weighted by Gasteiger charge is 2.25. The molecule has 1 fully saturated rings. The number of fused-ring (bicyclic) bond motifs is 1. The van der Waals surface area contributed by atoms with Gasteiger partial charge in [-0.25, -0.2) is 0 Å². The Morgan fingerprint density at radius 3 is 2.41 bits per heavy atom. The highest BCUT2D eigenvalue weighted by atomic mass is 16.5. The molecular weight excluding hydrogens is 400 g/mol. The number of ether oxygens (including phenoxy) is 2.